The van der Waals surface area contributed by atoms with Crippen molar-refractivity contribution in [1.82, 2.24) is 9.38 Å². The number of hydrogen-bond acceptors (Lipinski definition) is 2. The molecule has 0 unspecified atom stereocenters. The highest BCUT2D eigenvalue weighted by molar-refractivity contribution is 7.99. The van der Waals surface area contributed by atoms with Crippen molar-refractivity contribution in [2.75, 3.05) is 5.75 Å². The molecule has 0 aliphatic carbocycles. The van der Waals surface area contributed by atoms with Gasteiger partial charge in [-0.15, -0.1) is 0 Å². The van der Waals surface area contributed by atoms with Gasteiger partial charge in [-0.05, 0) is 18.6 Å². The highest BCUT2D eigenvalue weighted by atomic mass is 32.2. The van der Waals surface area contributed by atoms with Gasteiger partial charge in [-0.1, -0.05) is 37.6 Å². The smallest absolute Gasteiger partial charge is 0.172 e. The van der Waals surface area contributed by atoms with Crippen LogP contribution in [0.4, 0.5) is 0 Å². The molecule has 0 aliphatic heterocycles. The number of thioether (sulfide) groups is 1. The van der Waals surface area contributed by atoms with E-state index in [1.807, 2.05) is 30.1 Å². The predicted molar refractivity (Wildman–Crippen MR) is 65.4 cm³/mol. The van der Waals surface area contributed by atoms with Crippen LogP contribution in [-0.4, -0.2) is 15.1 Å². The van der Waals surface area contributed by atoms with Crippen LogP contribution in [0.15, 0.2) is 35.7 Å². The molecule has 0 spiro atoms. The largest absolute Gasteiger partial charge is 0.295 e. The van der Waals surface area contributed by atoms with Gasteiger partial charge in [0.2, 0.25) is 0 Å². The summed E-state index contributed by atoms with van der Waals surface area (Å²) in [5, 5.41) is 1.11. The van der Waals surface area contributed by atoms with E-state index in [1.54, 1.807) is 0 Å². The lowest BCUT2D eigenvalue weighted by Gasteiger charge is -2.00. The van der Waals surface area contributed by atoms with Gasteiger partial charge < -0.3 is 0 Å². The molecule has 3 heteroatoms. The van der Waals surface area contributed by atoms with Crippen LogP contribution in [0.25, 0.3) is 5.52 Å². The van der Waals surface area contributed by atoms with Crippen molar-refractivity contribution in [2.45, 2.75) is 31.3 Å². The van der Waals surface area contributed by atoms with Crippen LogP contribution in [0.3, 0.4) is 0 Å². The quantitative estimate of drug-likeness (QED) is 0.565. The van der Waals surface area contributed by atoms with Gasteiger partial charge >= 0.3 is 0 Å². The van der Waals surface area contributed by atoms with Gasteiger partial charge in [0.25, 0.3) is 0 Å². The van der Waals surface area contributed by atoms with Crippen LogP contribution < -0.4 is 0 Å². The lowest BCUT2D eigenvalue weighted by Crippen LogP contribution is -1.87. The highest BCUT2D eigenvalue weighted by Crippen LogP contribution is 2.19. The number of aromatic nitrogens is 2. The molecule has 80 valence electrons. The molecule has 0 fully saturated rings. The maximum absolute atomic E-state index is 4.42. The van der Waals surface area contributed by atoms with Crippen molar-refractivity contribution in [3.05, 3.63) is 30.6 Å². The van der Waals surface area contributed by atoms with Gasteiger partial charge in [0.1, 0.15) is 0 Å². The Labute approximate surface area is 94.7 Å². The number of nitrogens with zero attached hydrogens (tertiary/aromatic N) is 2. The molecule has 0 atom stereocenters. The van der Waals surface area contributed by atoms with Gasteiger partial charge in [-0.2, -0.15) is 0 Å². The Balaban J connectivity index is 2.02. The summed E-state index contributed by atoms with van der Waals surface area (Å²) in [6.07, 6.45) is 7.88. The van der Waals surface area contributed by atoms with E-state index in [9.17, 15) is 0 Å². The summed E-state index contributed by atoms with van der Waals surface area (Å²) in [6, 6.07) is 6.18. The van der Waals surface area contributed by atoms with E-state index in [0.717, 1.165) is 5.16 Å². The standard InChI is InChI=1S/C12H16N2S/c1-2-3-6-9-15-12-13-10-11-7-4-5-8-14(11)12/h4-5,7-8,10H,2-3,6,9H2,1H3. The second kappa shape index (κ2) is 5.21. The molecule has 0 aromatic carbocycles. The topological polar surface area (TPSA) is 17.3 Å². The predicted octanol–water partition coefficient (Wildman–Crippen LogP) is 3.62. The Morgan fingerprint density at radius 1 is 1.33 bits per heavy atom. The third-order valence-electron chi connectivity index (χ3n) is 2.38. The number of pyridine rings is 1. The minimum Gasteiger partial charge on any atom is -0.295 e. The number of fused-ring (bicyclic) bond motifs is 1. The van der Waals surface area contributed by atoms with Gasteiger partial charge in [0.05, 0.1) is 11.7 Å². The van der Waals surface area contributed by atoms with Crippen LogP contribution in [0.2, 0.25) is 0 Å². The Kier molecular flexibility index (Phi) is 3.67. The number of imidazole rings is 1. The zero-order valence-corrected chi connectivity index (χ0v) is 9.83. The molecule has 2 rings (SSSR count). The molecule has 2 aromatic heterocycles. The van der Waals surface area contributed by atoms with Crippen LogP contribution >= 0.6 is 11.8 Å². The minimum atomic E-state index is 1.11. The summed E-state index contributed by atoms with van der Waals surface area (Å²) in [4.78, 5) is 4.42. The fourth-order valence-corrected chi connectivity index (χ4v) is 2.51. The lowest BCUT2D eigenvalue weighted by molar-refractivity contribution is 0.777. The maximum Gasteiger partial charge on any atom is 0.172 e. The normalized spacial score (nSPS) is 11.0. The summed E-state index contributed by atoms with van der Waals surface area (Å²) in [5.74, 6) is 1.17. The Hall–Kier alpha value is -0.960. The SMILES string of the molecule is CCCCCSc1ncc2ccccn12. The first-order valence-electron chi connectivity index (χ1n) is 5.46. The second-order valence-electron chi connectivity index (χ2n) is 3.59. The van der Waals surface area contributed by atoms with E-state index in [0.29, 0.717) is 0 Å². The molecule has 2 nitrogen and oxygen atoms in total. The number of unbranched alkanes of at least 4 members (excludes halogenated alkanes) is 2. The van der Waals surface area contributed by atoms with E-state index in [2.05, 4.69) is 28.6 Å². The average Bonchev–Trinajstić information content (AvgIpc) is 2.68. The highest BCUT2D eigenvalue weighted by Gasteiger charge is 2.02. The lowest BCUT2D eigenvalue weighted by atomic mass is 10.3. The van der Waals surface area contributed by atoms with Crippen molar-refractivity contribution in [3.8, 4) is 0 Å². The fraction of sp³-hybridized carbons (Fsp3) is 0.417. The molecule has 0 amide bonds. The zero-order chi connectivity index (χ0) is 10.5. The van der Waals surface area contributed by atoms with Crippen molar-refractivity contribution >= 4 is 17.3 Å². The number of hydrogen-bond donors (Lipinski definition) is 0. The summed E-state index contributed by atoms with van der Waals surface area (Å²) in [6.45, 7) is 2.23. The molecule has 2 heterocycles. The molecule has 0 saturated heterocycles. The molecule has 2 aromatic rings. The first-order chi connectivity index (χ1) is 7.42. The molecular formula is C12H16N2S. The van der Waals surface area contributed by atoms with Crippen molar-refractivity contribution in [3.63, 3.8) is 0 Å². The summed E-state index contributed by atoms with van der Waals surface area (Å²) in [7, 11) is 0. The van der Waals surface area contributed by atoms with Crippen LogP contribution in [-0.2, 0) is 0 Å². The molecule has 0 N–H and O–H groups in total. The summed E-state index contributed by atoms with van der Waals surface area (Å²) in [5.41, 5.74) is 1.18. The van der Waals surface area contributed by atoms with Crippen LogP contribution in [0.1, 0.15) is 26.2 Å². The minimum absolute atomic E-state index is 1.11. The van der Waals surface area contributed by atoms with Crippen LogP contribution in [0, 0.1) is 0 Å². The Morgan fingerprint density at radius 3 is 3.13 bits per heavy atom. The van der Waals surface area contributed by atoms with Crippen LogP contribution in [0.5, 0.6) is 0 Å². The first kappa shape index (κ1) is 10.6. The second-order valence-corrected chi connectivity index (χ2v) is 4.65. The Morgan fingerprint density at radius 2 is 2.27 bits per heavy atom. The number of rotatable bonds is 5. The summed E-state index contributed by atoms with van der Waals surface area (Å²) < 4.78 is 2.15. The molecule has 0 saturated carbocycles. The van der Waals surface area contributed by atoms with E-state index in [1.165, 1.54) is 30.5 Å². The third kappa shape index (κ3) is 2.53. The van der Waals surface area contributed by atoms with E-state index < -0.39 is 0 Å². The summed E-state index contributed by atoms with van der Waals surface area (Å²) >= 11 is 1.85. The molecule has 0 radical (unpaired) electrons. The molecule has 15 heavy (non-hydrogen) atoms. The average molecular weight is 220 g/mol. The zero-order valence-electron chi connectivity index (χ0n) is 9.02. The maximum atomic E-state index is 4.42. The van der Waals surface area contributed by atoms with E-state index >= 15 is 0 Å². The van der Waals surface area contributed by atoms with Gasteiger partial charge in [-0.25, -0.2) is 4.98 Å². The van der Waals surface area contributed by atoms with E-state index in [4.69, 9.17) is 0 Å². The van der Waals surface area contributed by atoms with Crippen molar-refractivity contribution in [1.29, 1.82) is 0 Å². The first-order valence-corrected chi connectivity index (χ1v) is 6.45. The monoisotopic (exact) mass is 220 g/mol. The Bertz CT molecular complexity index is 422. The van der Waals surface area contributed by atoms with Crippen molar-refractivity contribution in [2.24, 2.45) is 0 Å². The third-order valence-corrected chi connectivity index (χ3v) is 3.44. The van der Waals surface area contributed by atoms with Crippen molar-refractivity contribution < 1.29 is 0 Å². The fourth-order valence-electron chi connectivity index (χ4n) is 1.54. The van der Waals surface area contributed by atoms with Gasteiger partial charge in [0.15, 0.2) is 5.16 Å². The van der Waals surface area contributed by atoms with Gasteiger partial charge in [0, 0.05) is 11.9 Å². The van der Waals surface area contributed by atoms with E-state index in [-0.39, 0.29) is 0 Å². The van der Waals surface area contributed by atoms with Gasteiger partial charge in [-0.3, -0.25) is 4.40 Å². The molecular weight excluding hydrogens is 204 g/mol. The molecule has 0 aliphatic rings. The molecule has 0 bridgehead atoms.